The van der Waals surface area contributed by atoms with E-state index < -0.39 is 0 Å². The topological polar surface area (TPSA) is 79.5 Å². The number of fused-ring (bicyclic) bond motifs is 1. The Labute approximate surface area is 150 Å². The normalized spacial score (nSPS) is 14.4. The summed E-state index contributed by atoms with van der Waals surface area (Å²) in [6.45, 7) is 3.40. The van der Waals surface area contributed by atoms with Crippen molar-refractivity contribution in [2.24, 2.45) is 0 Å². The van der Waals surface area contributed by atoms with Gasteiger partial charge in [0.1, 0.15) is 17.1 Å². The number of pyridine rings is 1. The van der Waals surface area contributed by atoms with Crippen molar-refractivity contribution in [1.29, 1.82) is 0 Å². The first-order valence-electron chi connectivity index (χ1n) is 8.53. The zero-order valence-electron chi connectivity index (χ0n) is 14.5. The molecule has 0 radical (unpaired) electrons. The Morgan fingerprint density at radius 3 is 2.81 bits per heavy atom. The van der Waals surface area contributed by atoms with Crippen LogP contribution in [-0.4, -0.2) is 49.2 Å². The molecule has 0 amide bonds. The summed E-state index contributed by atoms with van der Waals surface area (Å²) in [6.07, 6.45) is 3.52. The van der Waals surface area contributed by atoms with E-state index in [1.165, 1.54) is 7.11 Å². The highest BCUT2D eigenvalue weighted by atomic mass is 16.5. The molecule has 0 aliphatic carbocycles. The maximum absolute atomic E-state index is 12.1. The van der Waals surface area contributed by atoms with E-state index in [-0.39, 0.29) is 5.97 Å². The van der Waals surface area contributed by atoms with E-state index in [1.54, 1.807) is 18.3 Å². The molecular formula is C19H20N4O3. The Morgan fingerprint density at radius 2 is 2.00 bits per heavy atom. The number of aromatic nitrogens is 2. The van der Waals surface area contributed by atoms with Crippen LogP contribution >= 0.6 is 0 Å². The van der Waals surface area contributed by atoms with Crippen molar-refractivity contribution in [2.45, 2.75) is 0 Å². The third kappa shape index (κ3) is 3.21. The number of carbonyl (C=O) groups is 1. The lowest BCUT2D eigenvalue weighted by Crippen LogP contribution is -2.44. The number of carbonyl (C=O) groups excluding carboxylic acids is 1. The van der Waals surface area contributed by atoms with Gasteiger partial charge in [0.15, 0.2) is 0 Å². The number of nitrogens with zero attached hydrogens (tertiary/aromatic N) is 2. The molecule has 26 heavy (non-hydrogen) atoms. The molecule has 3 aromatic rings. The third-order valence-corrected chi connectivity index (χ3v) is 4.44. The molecule has 0 saturated carbocycles. The first kappa shape index (κ1) is 16.4. The van der Waals surface area contributed by atoms with Crippen molar-refractivity contribution >= 4 is 22.7 Å². The lowest BCUT2D eigenvalue weighted by Gasteiger charge is -2.31. The smallest absolute Gasteiger partial charge is 0.339 e. The number of hydrogen-bond donors (Lipinski definition) is 2. The van der Waals surface area contributed by atoms with Crippen molar-refractivity contribution in [3.63, 3.8) is 0 Å². The molecule has 1 fully saturated rings. The second-order valence-electron chi connectivity index (χ2n) is 6.10. The fourth-order valence-corrected chi connectivity index (χ4v) is 3.14. The second-order valence-corrected chi connectivity index (χ2v) is 6.10. The molecule has 7 nitrogen and oxygen atoms in total. The van der Waals surface area contributed by atoms with E-state index in [2.05, 4.69) is 20.2 Å². The molecule has 1 aromatic carbocycles. The highest BCUT2D eigenvalue weighted by Gasteiger charge is 2.20. The van der Waals surface area contributed by atoms with Crippen LogP contribution in [-0.2, 0) is 4.74 Å². The van der Waals surface area contributed by atoms with Gasteiger partial charge < -0.3 is 24.7 Å². The summed E-state index contributed by atoms with van der Waals surface area (Å²) in [5.74, 6) is 0.956. The van der Waals surface area contributed by atoms with E-state index >= 15 is 0 Å². The molecule has 3 heterocycles. The monoisotopic (exact) mass is 352 g/mol. The van der Waals surface area contributed by atoms with Crippen LogP contribution in [0.25, 0.3) is 11.0 Å². The summed E-state index contributed by atoms with van der Waals surface area (Å²) in [6, 6.07) is 9.29. The van der Waals surface area contributed by atoms with E-state index in [0.29, 0.717) is 17.1 Å². The predicted molar refractivity (Wildman–Crippen MR) is 99.0 cm³/mol. The number of anilines is 1. The Bertz CT molecular complexity index is 931. The molecule has 1 aliphatic heterocycles. The van der Waals surface area contributed by atoms with Crippen LogP contribution in [0.2, 0.25) is 0 Å². The van der Waals surface area contributed by atoms with Crippen molar-refractivity contribution < 1.29 is 14.3 Å². The Morgan fingerprint density at radius 1 is 1.15 bits per heavy atom. The van der Waals surface area contributed by atoms with Gasteiger partial charge >= 0.3 is 5.97 Å². The van der Waals surface area contributed by atoms with E-state index in [1.807, 2.05) is 24.4 Å². The predicted octanol–water partition coefficient (Wildman–Crippen LogP) is 2.55. The van der Waals surface area contributed by atoms with Gasteiger partial charge in [0, 0.05) is 43.8 Å². The molecule has 1 saturated heterocycles. The zero-order chi connectivity index (χ0) is 17.9. The van der Waals surface area contributed by atoms with Gasteiger partial charge in [-0.25, -0.2) is 9.78 Å². The maximum atomic E-state index is 12.1. The number of benzene rings is 1. The molecule has 1 aliphatic rings. The summed E-state index contributed by atoms with van der Waals surface area (Å²) in [5.41, 5.74) is 2.19. The minimum absolute atomic E-state index is 0.347. The lowest BCUT2D eigenvalue weighted by atomic mass is 10.1. The first-order valence-corrected chi connectivity index (χ1v) is 8.53. The minimum atomic E-state index is -0.347. The number of H-pyrrole nitrogens is 1. The molecule has 0 bridgehead atoms. The standard InChI is InChI=1S/C19H20N4O3/c1-25-19(24)16-3-2-14(11-17(16)23-8-6-20-7-9-23)26-15-10-13-4-5-21-18(13)22-12-15/h2-5,10-12,20H,6-9H2,1H3,(H,21,22). The van der Waals surface area contributed by atoms with Crippen LogP contribution in [0.5, 0.6) is 11.5 Å². The van der Waals surface area contributed by atoms with Gasteiger partial charge in [-0.05, 0) is 24.3 Å². The summed E-state index contributed by atoms with van der Waals surface area (Å²) < 4.78 is 10.9. The molecule has 0 unspecified atom stereocenters. The zero-order valence-corrected chi connectivity index (χ0v) is 14.5. The summed E-state index contributed by atoms with van der Waals surface area (Å²) in [5, 5.41) is 4.30. The first-order chi connectivity index (χ1) is 12.7. The summed E-state index contributed by atoms with van der Waals surface area (Å²) in [7, 11) is 1.39. The SMILES string of the molecule is COC(=O)c1ccc(Oc2cnc3[nH]ccc3c2)cc1N1CCNCC1. The van der Waals surface area contributed by atoms with Crippen LogP contribution in [0, 0.1) is 0 Å². The molecule has 0 spiro atoms. The van der Waals surface area contributed by atoms with E-state index in [9.17, 15) is 4.79 Å². The molecule has 134 valence electrons. The molecule has 7 heteroatoms. The Hall–Kier alpha value is -3.06. The highest BCUT2D eigenvalue weighted by Crippen LogP contribution is 2.31. The number of methoxy groups -OCH3 is 1. The largest absolute Gasteiger partial charge is 0.465 e. The number of aromatic amines is 1. The van der Waals surface area contributed by atoms with Crippen LogP contribution in [0.4, 0.5) is 5.69 Å². The Kier molecular flexibility index (Phi) is 4.45. The van der Waals surface area contributed by atoms with E-state index in [4.69, 9.17) is 9.47 Å². The second kappa shape index (κ2) is 7.05. The highest BCUT2D eigenvalue weighted by molar-refractivity contribution is 5.96. The molecule has 0 atom stereocenters. The van der Waals surface area contributed by atoms with Crippen LogP contribution in [0.15, 0.2) is 42.7 Å². The fraction of sp³-hybridized carbons (Fsp3) is 0.263. The fourth-order valence-electron chi connectivity index (χ4n) is 3.14. The molecule has 2 N–H and O–H groups in total. The van der Waals surface area contributed by atoms with Gasteiger partial charge in [-0.3, -0.25) is 0 Å². The van der Waals surface area contributed by atoms with Gasteiger partial charge in [0.25, 0.3) is 0 Å². The number of ether oxygens (including phenoxy) is 2. The molecular weight excluding hydrogens is 332 g/mol. The Balaban J connectivity index is 1.66. The van der Waals surface area contributed by atoms with Crippen molar-refractivity contribution in [2.75, 3.05) is 38.2 Å². The van der Waals surface area contributed by atoms with Gasteiger partial charge in [0.2, 0.25) is 0 Å². The quantitative estimate of drug-likeness (QED) is 0.703. The van der Waals surface area contributed by atoms with Gasteiger partial charge in [0.05, 0.1) is 24.6 Å². The van der Waals surface area contributed by atoms with Crippen molar-refractivity contribution in [1.82, 2.24) is 15.3 Å². The summed E-state index contributed by atoms with van der Waals surface area (Å²) >= 11 is 0. The number of hydrogen-bond acceptors (Lipinski definition) is 6. The van der Waals surface area contributed by atoms with Crippen LogP contribution in [0.3, 0.4) is 0 Å². The summed E-state index contributed by atoms with van der Waals surface area (Å²) in [4.78, 5) is 21.7. The average Bonchev–Trinajstić information content (AvgIpc) is 3.16. The number of rotatable bonds is 4. The molecule has 4 rings (SSSR count). The van der Waals surface area contributed by atoms with Crippen LogP contribution < -0.4 is 15.0 Å². The third-order valence-electron chi connectivity index (χ3n) is 4.44. The lowest BCUT2D eigenvalue weighted by molar-refractivity contribution is 0.0601. The van der Waals surface area contributed by atoms with Gasteiger partial charge in [-0.2, -0.15) is 0 Å². The average molecular weight is 352 g/mol. The number of nitrogens with one attached hydrogen (secondary N) is 2. The van der Waals surface area contributed by atoms with Gasteiger partial charge in [-0.15, -0.1) is 0 Å². The van der Waals surface area contributed by atoms with E-state index in [0.717, 1.165) is 42.9 Å². The van der Waals surface area contributed by atoms with Crippen LogP contribution in [0.1, 0.15) is 10.4 Å². The minimum Gasteiger partial charge on any atom is -0.465 e. The maximum Gasteiger partial charge on any atom is 0.339 e. The molecule has 2 aromatic heterocycles. The van der Waals surface area contributed by atoms with Crippen molar-refractivity contribution in [3.05, 3.63) is 48.3 Å². The van der Waals surface area contributed by atoms with Crippen molar-refractivity contribution in [3.8, 4) is 11.5 Å². The number of piperazine rings is 1. The van der Waals surface area contributed by atoms with Gasteiger partial charge in [-0.1, -0.05) is 0 Å². The number of esters is 1.